The first kappa shape index (κ1) is 15.8. The molecule has 6 rings (SSSR count). The van der Waals surface area contributed by atoms with Gasteiger partial charge in [0.15, 0.2) is 0 Å². The van der Waals surface area contributed by atoms with E-state index >= 15 is 0 Å². The molecule has 3 saturated carbocycles. The predicted molar refractivity (Wildman–Crippen MR) is 98.1 cm³/mol. The van der Waals surface area contributed by atoms with Crippen LogP contribution in [0.5, 0.6) is 0 Å². The maximum Gasteiger partial charge on any atom is 0.322 e. The first-order valence-corrected chi connectivity index (χ1v) is 9.15. The van der Waals surface area contributed by atoms with Gasteiger partial charge in [-0.3, -0.25) is 0 Å². The topological polar surface area (TPSA) is 58.4 Å². The number of hydrogen-bond acceptors (Lipinski definition) is 2. The van der Waals surface area contributed by atoms with E-state index in [-0.39, 0.29) is 11.8 Å². The Morgan fingerprint density at radius 2 is 1.77 bits per heavy atom. The molecule has 0 saturated heterocycles. The number of anilines is 1. The van der Waals surface area contributed by atoms with Crippen molar-refractivity contribution in [3.05, 3.63) is 65.0 Å². The predicted octanol–water partition coefficient (Wildman–Crippen LogP) is 3.75. The van der Waals surface area contributed by atoms with Crippen LogP contribution >= 0.6 is 0 Å². The molecular weight excluding hydrogens is 329 g/mol. The second-order valence-electron chi connectivity index (χ2n) is 8.29. The normalized spacial score (nSPS) is 28.2. The maximum atomic E-state index is 13.3. The second-order valence-corrected chi connectivity index (χ2v) is 8.29. The number of hydrogen-bond donors (Lipinski definition) is 2. The number of nitrogens with one attached hydrogen (secondary N) is 1. The summed E-state index contributed by atoms with van der Waals surface area (Å²) in [7, 11) is 0. The molecule has 3 N–H and O–H groups in total. The van der Waals surface area contributed by atoms with Crippen molar-refractivity contribution < 1.29 is 9.18 Å². The third-order valence-electron chi connectivity index (χ3n) is 6.50. The number of carbonyl (C=O) groups excluding carboxylic acids is 1. The molecule has 1 heterocycles. The highest BCUT2D eigenvalue weighted by Crippen LogP contribution is 2.73. The molecule has 2 amide bonds. The Hall–Kier alpha value is -2.40. The first-order valence-electron chi connectivity index (χ1n) is 9.15. The Balaban J connectivity index is 1.23. The van der Waals surface area contributed by atoms with Crippen LogP contribution in [0.15, 0.2) is 42.5 Å². The smallest absolute Gasteiger partial charge is 0.322 e. The van der Waals surface area contributed by atoms with E-state index in [1.54, 1.807) is 11.0 Å². The maximum absolute atomic E-state index is 13.3. The van der Waals surface area contributed by atoms with Gasteiger partial charge in [-0.1, -0.05) is 18.2 Å². The molecule has 5 heteroatoms. The van der Waals surface area contributed by atoms with Crippen LogP contribution in [0.3, 0.4) is 0 Å². The minimum atomic E-state index is -0.258. The number of rotatable bonds is 3. The van der Waals surface area contributed by atoms with Gasteiger partial charge in [0.05, 0.1) is 0 Å². The number of nitrogens with two attached hydrogens (primary N) is 1. The molecule has 0 radical (unpaired) electrons. The number of urea groups is 1. The van der Waals surface area contributed by atoms with Crippen LogP contribution in [-0.2, 0) is 18.5 Å². The van der Waals surface area contributed by atoms with Crippen molar-refractivity contribution in [3.63, 3.8) is 0 Å². The fourth-order valence-corrected chi connectivity index (χ4v) is 5.14. The molecule has 2 bridgehead atoms. The molecule has 0 spiro atoms. The highest BCUT2D eigenvalue weighted by Gasteiger charge is 2.67. The summed E-state index contributed by atoms with van der Waals surface area (Å²) in [6, 6.07) is 12.8. The Labute approximate surface area is 152 Å². The summed E-state index contributed by atoms with van der Waals surface area (Å²) in [5.41, 5.74) is 10.6. The van der Waals surface area contributed by atoms with Gasteiger partial charge in [0.2, 0.25) is 0 Å². The van der Waals surface area contributed by atoms with Crippen LogP contribution in [-0.4, -0.2) is 17.5 Å². The lowest BCUT2D eigenvalue weighted by Gasteiger charge is -2.71. The Bertz CT molecular complexity index is 873. The van der Waals surface area contributed by atoms with Gasteiger partial charge in [-0.05, 0) is 77.6 Å². The summed E-state index contributed by atoms with van der Waals surface area (Å²) in [5, 5.41) is 2.95. The summed E-state index contributed by atoms with van der Waals surface area (Å²) < 4.78 is 13.3. The van der Waals surface area contributed by atoms with Crippen molar-refractivity contribution in [2.24, 2.45) is 11.1 Å². The van der Waals surface area contributed by atoms with Gasteiger partial charge in [-0.25, -0.2) is 9.18 Å². The average Bonchev–Trinajstić information content (AvgIpc) is 2.97. The van der Waals surface area contributed by atoms with E-state index in [1.807, 2.05) is 12.1 Å². The van der Waals surface area contributed by atoms with Crippen LogP contribution in [0.1, 0.15) is 36.0 Å². The highest BCUT2D eigenvalue weighted by molar-refractivity contribution is 5.89. The SMILES string of the molecule is NCC12CC(c3ccc(NC(=O)N4Cc5ccc(F)cc5C4)cc3)(C1)C2. The number of carbonyl (C=O) groups is 1. The van der Waals surface area contributed by atoms with E-state index in [4.69, 9.17) is 5.73 Å². The van der Waals surface area contributed by atoms with Gasteiger partial charge in [0, 0.05) is 18.8 Å². The molecule has 3 aliphatic carbocycles. The summed E-state index contributed by atoms with van der Waals surface area (Å²) in [5.74, 6) is -0.258. The van der Waals surface area contributed by atoms with Gasteiger partial charge in [-0.2, -0.15) is 0 Å². The number of amides is 2. The van der Waals surface area contributed by atoms with Crippen LogP contribution in [0.2, 0.25) is 0 Å². The van der Waals surface area contributed by atoms with Gasteiger partial charge in [0.1, 0.15) is 5.82 Å². The fraction of sp³-hybridized carbons (Fsp3) is 0.381. The number of halogens is 1. The summed E-state index contributed by atoms with van der Waals surface area (Å²) in [4.78, 5) is 14.2. The average molecular weight is 351 g/mol. The lowest BCUT2D eigenvalue weighted by molar-refractivity contribution is -0.132. The van der Waals surface area contributed by atoms with Crippen molar-refractivity contribution >= 4 is 11.7 Å². The fourth-order valence-electron chi connectivity index (χ4n) is 5.14. The summed E-state index contributed by atoms with van der Waals surface area (Å²) in [6.45, 7) is 1.76. The molecule has 0 aromatic heterocycles. The highest BCUT2D eigenvalue weighted by atomic mass is 19.1. The van der Waals surface area contributed by atoms with E-state index in [0.717, 1.165) is 23.4 Å². The molecule has 0 unspecified atom stereocenters. The van der Waals surface area contributed by atoms with Crippen LogP contribution in [0.25, 0.3) is 0 Å². The number of fused-ring (bicyclic) bond motifs is 1. The quantitative estimate of drug-likeness (QED) is 0.885. The molecular formula is C21H22FN3O. The molecule has 2 aromatic carbocycles. The third-order valence-corrected chi connectivity index (χ3v) is 6.50. The molecule has 4 aliphatic rings. The molecule has 2 aromatic rings. The van der Waals surface area contributed by atoms with Crippen LogP contribution in [0, 0.1) is 11.2 Å². The molecule has 26 heavy (non-hydrogen) atoms. The number of nitrogens with zero attached hydrogens (tertiary/aromatic N) is 1. The van der Waals surface area contributed by atoms with E-state index < -0.39 is 0 Å². The zero-order valence-corrected chi connectivity index (χ0v) is 14.6. The van der Waals surface area contributed by atoms with E-state index in [1.165, 1.54) is 37.0 Å². The number of benzene rings is 2. The Morgan fingerprint density at radius 1 is 1.08 bits per heavy atom. The lowest BCUT2D eigenvalue weighted by Crippen LogP contribution is -2.67. The van der Waals surface area contributed by atoms with Crippen molar-refractivity contribution in [3.8, 4) is 0 Å². The molecule has 1 aliphatic heterocycles. The molecule has 4 nitrogen and oxygen atoms in total. The second kappa shape index (κ2) is 5.30. The lowest BCUT2D eigenvalue weighted by atomic mass is 9.33. The Kier molecular flexibility index (Phi) is 3.23. The molecule has 0 atom stereocenters. The van der Waals surface area contributed by atoms with Crippen molar-refractivity contribution in [1.29, 1.82) is 0 Å². The van der Waals surface area contributed by atoms with E-state index in [9.17, 15) is 9.18 Å². The zero-order valence-electron chi connectivity index (χ0n) is 14.6. The van der Waals surface area contributed by atoms with Gasteiger partial charge in [0.25, 0.3) is 0 Å². The van der Waals surface area contributed by atoms with Crippen molar-refractivity contribution in [2.45, 2.75) is 37.8 Å². The largest absolute Gasteiger partial charge is 0.330 e. The summed E-state index contributed by atoms with van der Waals surface area (Å²) in [6.07, 6.45) is 3.60. The summed E-state index contributed by atoms with van der Waals surface area (Å²) >= 11 is 0. The monoisotopic (exact) mass is 351 g/mol. The standard InChI is InChI=1S/C21H22FN3O/c22-17-4-1-14-8-25(9-15(14)7-17)19(26)24-18-5-2-16(3-6-18)21-10-20(11-21,12-21)13-23/h1-7H,8-13,23H2,(H,24,26). The first-order chi connectivity index (χ1) is 12.5. The minimum Gasteiger partial charge on any atom is -0.330 e. The molecule has 134 valence electrons. The zero-order chi connectivity index (χ0) is 17.9. The van der Waals surface area contributed by atoms with Crippen molar-refractivity contribution in [2.75, 3.05) is 11.9 Å². The van der Waals surface area contributed by atoms with Crippen molar-refractivity contribution in [1.82, 2.24) is 4.90 Å². The van der Waals surface area contributed by atoms with E-state index in [2.05, 4.69) is 17.4 Å². The Morgan fingerprint density at radius 3 is 2.46 bits per heavy atom. The minimum absolute atomic E-state index is 0.151. The van der Waals surface area contributed by atoms with Gasteiger partial charge in [-0.15, -0.1) is 0 Å². The molecule has 3 fully saturated rings. The van der Waals surface area contributed by atoms with Gasteiger partial charge >= 0.3 is 6.03 Å². The van der Waals surface area contributed by atoms with E-state index in [0.29, 0.717) is 23.9 Å². The third kappa shape index (κ3) is 2.27. The van der Waals surface area contributed by atoms with Crippen LogP contribution < -0.4 is 11.1 Å². The van der Waals surface area contributed by atoms with Crippen LogP contribution in [0.4, 0.5) is 14.9 Å². The van der Waals surface area contributed by atoms with Gasteiger partial charge < -0.3 is 16.0 Å².